The molecule has 0 amide bonds. The van der Waals surface area contributed by atoms with Crippen LogP contribution in [0.1, 0.15) is 5.69 Å². The van der Waals surface area contributed by atoms with Crippen LogP contribution in [0.15, 0.2) is 5.51 Å². The number of alkyl halides is 3. The third-order valence-electron chi connectivity index (χ3n) is 0.863. The van der Waals surface area contributed by atoms with Crippen molar-refractivity contribution in [2.24, 2.45) is 0 Å². The molecule has 0 unspecified atom stereocenters. The Morgan fingerprint density at radius 3 is 2.18 bits per heavy atom. The summed E-state index contributed by atoms with van der Waals surface area (Å²) in [5.74, 6) is 0. The Balaban J connectivity index is 0.000001000. The number of hydrogen-bond acceptors (Lipinski definition) is 3. The van der Waals surface area contributed by atoms with E-state index in [9.17, 15) is 13.2 Å². The lowest BCUT2D eigenvalue weighted by atomic mass is 10.4. The van der Waals surface area contributed by atoms with Gasteiger partial charge in [-0.3, -0.25) is 0 Å². The fourth-order valence-electron chi connectivity index (χ4n) is 0.468. The molecule has 0 radical (unpaired) electrons. The lowest BCUT2D eigenvalue weighted by Crippen LogP contribution is -2.07. The molecule has 0 aromatic carbocycles. The molecule has 7 heteroatoms. The average Bonchev–Trinajstić information content (AvgIpc) is 2.11. The van der Waals surface area contributed by atoms with Crippen molar-refractivity contribution in [1.29, 1.82) is 0 Å². The molecule has 0 fully saturated rings. The zero-order valence-corrected chi connectivity index (χ0v) is 6.69. The van der Waals surface area contributed by atoms with Crippen molar-refractivity contribution in [2.45, 2.75) is 6.18 Å². The van der Waals surface area contributed by atoms with Crippen molar-refractivity contribution in [3.05, 3.63) is 11.2 Å². The van der Waals surface area contributed by atoms with Crippen LogP contribution in [-0.2, 0) is 6.18 Å². The van der Waals surface area contributed by atoms with E-state index in [0.29, 0.717) is 0 Å². The monoisotopic (exact) mass is 204 g/mol. The Bertz CT molecular complexity index is 233. The number of aromatic nitrogens is 1. The summed E-state index contributed by atoms with van der Waals surface area (Å²) in [4.78, 5) is 3.06. The largest absolute Gasteiger partial charge is 0.436 e. The number of halogens is 4. The van der Waals surface area contributed by atoms with Gasteiger partial charge < -0.3 is 5.73 Å². The summed E-state index contributed by atoms with van der Waals surface area (Å²) in [5, 5.41) is -0.285. The van der Waals surface area contributed by atoms with Gasteiger partial charge in [0.2, 0.25) is 0 Å². The highest BCUT2D eigenvalue weighted by Gasteiger charge is 2.35. The van der Waals surface area contributed by atoms with Crippen molar-refractivity contribution >= 4 is 28.7 Å². The van der Waals surface area contributed by atoms with Crippen LogP contribution in [0.5, 0.6) is 0 Å². The summed E-state index contributed by atoms with van der Waals surface area (Å²) in [6.07, 6.45) is -4.41. The Labute approximate surface area is 70.6 Å². The van der Waals surface area contributed by atoms with Crippen molar-refractivity contribution < 1.29 is 13.2 Å². The Hall–Kier alpha value is -0.490. The van der Waals surface area contributed by atoms with Gasteiger partial charge in [-0.15, -0.1) is 23.7 Å². The predicted molar refractivity (Wildman–Crippen MR) is 38.8 cm³/mol. The molecule has 1 heterocycles. The van der Waals surface area contributed by atoms with Gasteiger partial charge in [0.05, 0.1) is 5.51 Å². The first-order valence-electron chi connectivity index (χ1n) is 2.28. The van der Waals surface area contributed by atoms with Crippen molar-refractivity contribution in [2.75, 3.05) is 5.73 Å². The Morgan fingerprint density at radius 1 is 1.45 bits per heavy atom. The van der Waals surface area contributed by atoms with E-state index < -0.39 is 11.9 Å². The number of nitrogens with two attached hydrogens (primary N) is 1. The molecule has 0 aliphatic heterocycles. The highest BCUT2D eigenvalue weighted by atomic mass is 35.5. The van der Waals surface area contributed by atoms with E-state index in [1.807, 2.05) is 0 Å². The first-order valence-corrected chi connectivity index (χ1v) is 3.16. The maximum absolute atomic E-state index is 11.7. The maximum atomic E-state index is 11.7. The Kier molecular flexibility index (Phi) is 3.13. The van der Waals surface area contributed by atoms with Crippen LogP contribution < -0.4 is 5.73 Å². The Morgan fingerprint density at radius 2 is 2.00 bits per heavy atom. The molecule has 64 valence electrons. The van der Waals surface area contributed by atoms with Gasteiger partial charge in [-0.1, -0.05) is 0 Å². The smallest absolute Gasteiger partial charge is 0.389 e. The highest BCUT2D eigenvalue weighted by Crippen LogP contribution is 2.33. The minimum Gasteiger partial charge on any atom is -0.389 e. The van der Waals surface area contributed by atoms with E-state index in [0.717, 1.165) is 16.8 Å². The third-order valence-corrected chi connectivity index (χ3v) is 1.52. The quantitative estimate of drug-likeness (QED) is 0.704. The highest BCUT2D eigenvalue weighted by molar-refractivity contribution is 7.13. The molecular weight excluding hydrogens is 201 g/mol. The van der Waals surface area contributed by atoms with Gasteiger partial charge in [0.25, 0.3) is 0 Å². The lowest BCUT2D eigenvalue weighted by Gasteiger charge is -2.01. The molecule has 11 heavy (non-hydrogen) atoms. The van der Waals surface area contributed by atoms with E-state index in [1.165, 1.54) is 0 Å². The zero-order chi connectivity index (χ0) is 7.78. The lowest BCUT2D eigenvalue weighted by molar-refractivity contribution is -0.140. The molecule has 1 aromatic rings. The standard InChI is InChI=1S/C4H3F3N2S.ClH/c5-4(6,7)2-3(8)10-1-9-2;/h1H,8H2;1H. The normalized spacial score (nSPS) is 10.8. The second-order valence-corrected chi connectivity index (χ2v) is 2.45. The van der Waals surface area contributed by atoms with Gasteiger partial charge in [-0.2, -0.15) is 13.2 Å². The number of thiazole rings is 1. The average molecular weight is 205 g/mol. The van der Waals surface area contributed by atoms with Crippen molar-refractivity contribution in [3.63, 3.8) is 0 Å². The molecule has 0 aliphatic rings. The van der Waals surface area contributed by atoms with E-state index in [2.05, 4.69) is 4.98 Å². The van der Waals surface area contributed by atoms with Gasteiger partial charge in [-0.25, -0.2) is 4.98 Å². The van der Waals surface area contributed by atoms with Gasteiger partial charge in [0, 0.05) is 0 Å². The van der Waals surface area contributed by atoms with Gasteiger partial charge in [0.15, 0.2) is 5.69 Å². The van der Waals surface area contributed by atoms with Crippen LogP contribution in [0.4, 0.5) is 18.2 Å². The van der Waals surface area contributed by atoms with Gasteiger partial charge in [0.1, 0.15) is 5.00 Å². The topological polar surface area (TPSA) is 38.9 Å². The summed E-state index contributed by atoms with van der Waals surface area (Å²) >= 11 is 0.778. The van der Waals surface area contributed by atoms with Crippen LogP contribution in [0.25, 0.3) is 0 Å². The fraction of sp³-hybridized carbons (Fsp3) is 0.250. The molecule has 1 rings (SSSR count). The summed E-state index contributed by atoms with van der Waals surface area (Å²) in [6, 6.07) is 0. The number of anilines is 1. The molecule has 0 atom stereocenters. The summed E-state index contributed by atoms with van der Waals surface area (Å²) in [6.45, 7) is 0. The second kappa shape index (κ2) is 3.27. The molecule has 1 aromatic heterocycles. The van der Waals surface area contributed by atoms with Crippen molar-refractivity contribution in [3.8, 4) is 0 Å². The van der Waals surface area contributed by atoms with Crippen molar-refractivity contribution in [1.82, 2.24) is 4.98 Å². The van der Waals surface area contributed by atoms with E-state index in [-0.39, 0.29) is 17.4 Å². The van der Waals surface area contributed by atoms with Crippen LogP contribution in [0, 0.1) is 0 Å². The molecule has 0 aliphatic carbocycles. The molecule has 0 spiro atoms. The SMILES string of the molecule is Cl.Nc1scnc1C(F)(F)F. The van der Waals surface area contributed by atoms with Crippen LogP contribution >= 0.6 is 23.7 Å². The van der Waals surface area contributed by atoms with Crippen LogP contribution in [-0.4, -0.2) is 4.98 Å². The molecule has 0 saturated heterocycles. The minimum absolute atomic E-state index is 0. The van der Waals surface area contributed by atoms with E-state index in [1.54, 1.807) is 0 Å². The summed E-state index contributed by atoms with van der Waals surface area (Å²) < 4.78 is 35.2. The molecular formula is C4H4ClF3N2S. The fourth-order valence-corrected chi connectivity index (χ4v) is 1.02. The van der Waals surface area contributed by atoms with E-state index >= 15 is 0 Å². The number of nitrogen functional groups attached to an aromatic ring is 1. The van der Waals surface area contributed by atoms with Crippen LogP contribution in [0.3, 0.4) is 0 Å². The number of nitrogens with zero attached hydrogens (tertiary/aromatic N) is 1. The molecule has 0 bridgehead atoms. The maximum Gasteiger partial charge on any atom is 0.436 e. The first kappa shape index (κ1) is 10.5. The number of hydrogen-bond donors (Lipinski definition) is 1. The molecule has 0 saturated carbocycles. The molecule has 2 nitrogen and oxygen atoms in total. The second-order valence-electron chi connectivity index (χ2n) is 1.56. The molecule has 2 N–H and O–H groups in total. The third kappa shape index (κ3) is 2.23. The van der Waals surface area contributed by atoms with Gasteiger partial charge >= 0.3 is 6.18 Å². The van der Waals surface area contributed by atoms with Crippen LogP contribution in [0.2, 0.25) is 0 Å². The summed E-state index contributed by atoms with van der Waals surface area (Å²) in [7, 11) is 0. The first-order chi connectivity index (χ1) is 4.52. The predicted octanol–water partition coefficient (Wildman–Crippen LogP) is 2.17. The zero-order valence-electron chi connectivity index (χ0n) is 5.05. The summed E-state index contributed by atoms with van der Waals surface area (Å²) in [5.41, 5.74) is 5.04. The minimum atomic E-state index is -4.41. The van der Waals surface area contributed by atoms with Gasteiger partial charge in [-0.05, 0) is 0 Å². The van der Waals surface area contributed by atoms with E-state index in [4.69, 9.17) is 5.73 Å². The number of rotatable bonds is 0.